The molecule has 0 amide bonds. The van der Waals surface area contributed by atoms with Gasteiger partial charge in [0.15, 0.2) is 11.2 Å². The van der Waals surface area contributed by atoms with E-state index >= 15 is 0 Å². The number of rotatable bonds is 6. The second kappa shape index (κ2) is 7.81. The Morgan fingerprint density at radius 1 is 1.14 bits per heavy atom. The van der Waals surface area contributed by atoms with E-state index in [2.05, 4.69) is 23.7 Å². The van der Waals surface area contributed by atoms with Crippen molar-refractivity contribution in [2.75, 3.05) is 13.1 Å². The maximum absolute atomic E-state index is 12.6. The van der Waals surface area contributed by atoms with Crippen LogP contribution in [0.1, 0.15) is 29.8 Å². The lowest BCUT2D eigenvalue weighted by molar-refractivity contribution is 0.0478. The molecule has 0 atom stereocenters. The molecule has 3 aromatic rings. The van der Waals surface area contributed by atoms with Gasteiger partial charge in [0.25, 0.3) is 5.56 Å². The molecule has 28 heavy (non-hydrogen) atoms. The number of aryl methyl sites for hydroxylation is 1. The van der Waals surface area contributed by atoms with Crippen LogP contribution in [0.5, 0.6) is 0 Å². The Bertz CT molecular complexity index is 1140. The topological polar surface area (TPSA) is 91.4 Å². The maximum Gasteiger partial charge on any atom is 0.363 e. The Morgan fingerprint density at radius 2 is 1.86 bits per heavy atom. The number of benzene rings is 1. The zero-order chi connectivity index (χ0) is 20.4. The minimum absolute atomic E-state index is 0.0252. The Kier molecular flexibility index (Phi) is 5.46. The highest BCUT2D eigenvalue weighted by Gasteiger charge is 2.18. The lowest BCUT2D eigenvalue weighted by atomic mass is 10.1. The summed E-state index contributed by atoms with van der Waals surface area (Å²) in [7, 11) is 2.86. The summed E-state index contributed by atoms with van der Waals surface area (Å²) in [6.45, 7) is 6.71. The first kappa shape index (κ1) is 19.6. The number of carbonyl (C=O) groups is 1. The summed E-state index contributed by atoms with van der Waals surface area (Å²) in [6.07, 6.45) is 1.21. The van der Waals surface area contributed by atoms with E-state index in [1.807, 2.05) is 6.07 Å². The van der Waals surface area contributed by atoms with Gasteiger partial charge in [-0.1, -0.05) is 26.0 Å². The molecule has 3 rings (SSSR count). The summed E-state index contributed by atoms with van der Waals surface area (Å²) in [4.78, 5) is 48.7. The first-order valence-corrected chi connectivity index (χ1v) is 9.04. The molecular formula is C19H23N5O4. The van der Waals surface area contributed by atoms with Crippen LogP contribution in [-0.4, -0.2) is 42.8 Å². The van der Waals surface area contributed by atoms with Gasteiger partial charge in [-0.2, -0.15) is 4.73 Å². The first-order chi connectivity index (χ1) is 13.4. The quantitative estimate of drug-likeness (QED) is 0.615. The fourth-order valence-electron chi connectivity index (χ4n) is 3.03. The van der Waals surface area contributed by atoms with Gasteiger partial charge in [0.05, 0.1) is 5.56 Å². The molecule has 2 heterocycles. The number of aromatic nitrogens is 4. The Hall–Kier alpha value is -3.20. The van der Waals surface area contributed by atoms with Gasteiger partial charge >= 0.3 is 11.7 Å². The highest BCUT2D eigenvalue weighted by molar-refractivity contribution is 5.90. The molecule has 0 aliphatic carbocycles. The lowest BCUT2D eigenvalue weighted by Crippen LogP contribution is -2.38. The number of imidazole rings is 1. The predicted molar refractivity (Wildman–Crippen MR) is 104 cm³/mol. The van der Waals surface area contributed by atoms with E-state index in [9.17, 15) is 14.4 Å². The molecule has 0 saturated heterocycles. The predicted octanol–water partition coefficient (Wildman–Crippen LogP) is 0.544. The summed E-state index contributed by atoms with van der Waals surface area (Å²) < 4.78 is 3.18. The first-order valence-electron chi connectivity index (χ1n) is 9.04. The van der Waals surface area contributed by atoms with Crippen LogP contribution in [-0.2, 0) is 20.6 Å². The molecule has 0 spiro atoms. The molecule has 2 aromatic heterocycles. The van der Waals surface area contributed by atoms with Gasteiger partial charge in [0.2, 0.25) is 0 Å². The van der Waals surface area contributed by atoms with E-state index in [1.165, 1.54) is 25.0 Å². The van der Waals surface area contributed by atoms with Gasteiger partial charge in [-0.15, -0.1) is 0 Å². The third kappa shape index (κ3) is 3.48. The lowest BCUT2D eigenvalue weighted by Gasteiger charge is -2.18. The molecule has 0 fully saturated rings. The number of hydrogen-bond acceptors (Lipinski definition) is 6. The molecule has 0 radical (unpaired) electrons. The molecule has 1 aromatic carbocycles. The van der Waals surface area contributed by atoms with E-state index in [-0.39, 0.29) is 11.2 Å². The largest absolute Gasteiger partial charge is 0.363 e. The van der Waals surface area contributed by atoms with Crippen molar-refractivity contribution in [1.82, 2.24) is 23.7 Å². The van der Waals surface area contributed by atoms with Crippen molar-refractivity contribution in [3.63, 3.8) is 0 Å². The van der Waals surface area contributed by atoms with Gasteiger partial charge in [-0.25, -0.2) is 14.6 Å². The van der Waals surface area contributed by atoms with E-state index in [4.69, 9.17) is 4.84 Å². The third-order valence-electron chi connectivity index (χ3n) is 4.76. The van der Waals surface area contributed by atoms with Gasteiger partial charge in [-0.05, 0) is 30.8 Å². The molecule has 0 aliphatic rings. The third-order valence-corrected chi connectivity index (χ3v) is 4.76. The van der Waals surface area contributed by atoms with Crippen LogP contribution in [0.25, 0.3) is 11.2 Å². The summed E-state index contributed by atoms with van der Waals surface area (Å²) in [5.74, 6) is -0.614. The molecular weight excluding hydrogens is 362 g/mol. The summed E-state index contributed by atoms with van der Waals surface area (Å²) in [5, 5.41) is 0. The van der Waals surface area contributed by atoms with Gasteiger partial charge in [0.1, 0.15) is 6.33 Å². The minimum atomic E-state index is -0.614. The highest BCUT2D eigenvalue weighted by atomic mass is 16.7. The number of fused-ring (bicyclic) bond motifs is 1. The van der Waals surface area contributed by atoms with Gasteiger partial charge < -0.3 is 4.84 Å². The minimum Gasteiger partial charge on any atom is -0.329 e. The molecule has 9 nitrogen and oxygen atoms in total. The zero-order valence-electron chi connectivity index (χ0n) is 16.4. The monoisotopic (exact) mass is 385 g/mol. The molecule has 0 bridgehead atoms. The zero-order valence-corrected chi connectivity index (χ0v) is 16.4. The van der Waals surface area contributed by atoms with Crippen LogP contribution in [0, 0.1) is 0 Å². The highest BCUT2D eigenvalue weighted by Crippen LogP contribution is 2.10. The average molecular weight is 385 g/mol. The van der Waals surface area contributed by atoms with Crippen molar-refractivity contribution in [2.45, 2.75) is 20.4 Å². The Morgan fingerprint density at radius 3 is 2.54 bits per heavy atom. The van der Waals surface area contributed by atoms with Crippen LogP contribution in [0.15, 0.2) is 40.2 Å². The van der Waals surface area contributed by atoms with Crippen molar-refractivity contribution in [2.24, 2.45) is 14.1 Å². The maximum atomic E-state index is 12.6. The fourth-order valence-corrected chi connectivity index (χ4v) is 3.03. The standard InChI is InChI=1S/C19H23N5O4/c1-5-23(6-2)11-13-8-7-9-14(10-13)18(26)28-24-12-20-16-15(24)17(25)22(4)19(27)21(16)3/h7-10,12H,5-6,11H2,1-4H3. The SMILES string of the molecule is CCN(CC)Cc1cccc(C(=O)On2cnc3c2c(=O)n(C)c(=O)n3C)c1. The molecule has 0 aliphatic heterocycles. The second-order valence-corrected chi connectivity index (χ2v) is 6.49. The number of hydrogen-bond donors (Lipinski definition) is 0. The van der Waals surface area contributed by atoms with Crippen molar-refractivity contribution in [3.8, 4) is 0 Å². The Balaban J connectivity index is 1.92. The van der Waals surface area contributed by atoms with Crippen molar-refractivity contribution in [1.29, 1.82) is 0 Å². The van der Waals surface area contributed by atoms with Crippen molar-refractivity contribution < 1.29 is 9.63 Å². The van der Waals surface area contributed by atoms with Crippen LogP contribution >= 0.6 is 0 Å². The van der Waals surface area contributed by atoms with E-state index in [1.54, 1.807) is 18.2 Å². The molecule has 0 unspecified atom stereocenters. The van der Waals surface area contributed by atoms with Crippen LogP contribution in [0.4, 0.5) is 0 Å². The van der Waals surface area contributed by atoms with E-state index in [0.29, 0.717) is 5.56 Å². The number of nitrogens with zero attached hydrogens (tertiary/aromatic N) is 5. The van der Waals surface area contributed by atoms with Crippen LogP contribution in [0.2, 0.25) is 0 Å². The summed E-state index contributed by atoms with van der Waals surface area (Å²) >= 11 is 0. The summed E-state index contributed by atoms with van der Waals surface area (Å²) in [5.41, 5.74) is 0.449. The van der Waals surface area contributed by atoms with Crippen LogP contribution < -0.4 is 16.1 Å². The number of carbonyl (C=O) groups excluding carboxylic acids is 1. The fraction of sp³-hybridized carbons (Fsp3) is 0.368. The average Bonchev–Trinajstić information content (AvgIpc) is 3.12. The van der Waals surface area contributed by atoms with Gasteiger partial charge in [-0.3, -0.25) is 18.8 Å². The normalized spacial score (nSPS) is 11.3. The molecule has 0 N–H and O–H groups in total. The molecule has 0 saturated carbocycles. The van der Waals surface area contributed by atoms with E-state index in [0.717, 1.165) is 34.5 Å². The van der Waals surface area contributed by atoms with Crippen molar-refractivity contribution in [3.05, 3.63) is 62.6 Å². The van der Waals surface area contributed by atoms with E-state index < -0.39 is 17.2 Å². The summed E-state index contributed by atoms with van der Waals surface area (Å²) in [6, 6.07) is 7.17. The van der Waals surface area contributed by atoms with Crippen molar-refractivity contribution >= 4 is 17.1 Å². The van der Waals surface area contributed by atoms with Gasteiger partial charge in [0, 0.05) is 20.6 Å². The second-order valence-electron chi connectivity index (χ2n) is 6.49. The Labute approximate surface area is 161 Å². The molecule has 148 valence electrons. The van der Waals surface area contributed by atoms with Crippen LogP contribution in [0.3, 0.4) is 0 Å². The smallest absolute Gasteiger partial charge is 0.329 e. The molecule has 9 heteroatoms.